The Labute approximate surface area is 170 Å². The fourth-order valence-electron chi connectivity index (χ4n) is 5.43. The smallest absolute Gasteiger partial charge is 0.142 e. The molecule has 4 aromatic carbocycles. The molecule has 29 heavy (non-hydrogen) atoms. The zero-order chi connectivity index (χ0) is 19.4. The predicted octanol–water partition coefficient (Wildman–Crippen LogP) is 6.83. The lowest BCUT2D eigenvalue weighted by Gasteiger charge is -2.39. The number of hydrogen-bond acceptors (Lipinski definition) is 2. The van der Waals surface area contributed by atoms with Gasteiger partial charge in [0.2, 0.25) is 0 Å². The molecule has 0 amide bonds. The molecule has 3 unspecified atom stereocenters. The first-order chi connectivity index (χ1) is 14.3. The number of fused-ring (bicyclic) bond motifs is 5. The van der Waals surface area contributed by atoms with E-state index < -0.39 is 0 Å². The largest absolute Gasteiger partial charge is 0.495 e. The van der Waals surface area contributed by atoms with Crippen LogP contribution in [0.5, 0.6) is 5.75 Å². The summed E-state index contributed by atoms with van der Waals surface area (Å²) in [5.74, 6) is 1.85. The van der Waals surface area contributed by atoms with Crippen LogP contribution in [-0.2, 0) is 0 Å². The van der Waals surface area contributed by atoms with Gasteiger partial charge in [0.05, 0.1) is 18.8 Å². The fraction of sp³-hybridized carbons (Fsp3) is 0.185. The highest BCUT2D eigenvalue weighted by Gasteiger charge is 2.40. The highest BCUT2D eigenvalue weighted by molar-refractivity contribution is 6.03. The van der Waals surface area contributed by atoms with E-state index in [-0.39, 0.29) is 6.04 Å². The topological polar surface area (TPSA) is 21.3 Å². The lowest BCUT2D eigenvalue weighted by molar-refractivity contribution is 0.398. The minimum absolute atomic E-state index is 0.231. The molecule has 1 aliphatic carbocycles. The Bertz CT molecular complexity index is 1220. The fourth-order valence-corrected chi connectivity index (χ4v) is 5.43. The molecule has 0 spiro atoms. The van der Waals surface area contributed by atoms with Crippen molar-refractivity contribution in [2.24, 2.45) is 5.92 Å². The summed E-state index contributed by atoms with van der Waals surface area (Å²) in [6.07, 6.45) is 5.84. The minimum Gasteiger partial charge on any atom is -0.495 e. The van der Waals surface area contributed by atoms with Gasteiger partial charge in [0.25, 0.3) is 0 Å². The van der Waals surface area contributed by atoms with Gasteiger partial charge in [-0.1, -0.05) is 72.8 Å². The van der Waals surface area contributed by atoms with Crippen LogP contribution in [0.25, 0.3) is 21.5 Å². The molecular formula is C27H23NO. The van der Waals surface area contributed by atoms with Gasteiger partial charge in [0.15, 0.2) is 0 Å². The third kappa shape index (κ3) is 2.42. The van der Waals surface area contributed by atoms with E-state index in [1.54, 1.807) is 7.11 Å². The molecule has 0 bridgehead atoms. The number of methoxy groups -OCH3 is 1. The monoisotopic (exact) mass is 377 g/mol. The van der Waals surface area contributed by atoms with Crippen LogP contribution >= 0.6 is 0 Å². The number of benzene rings is 4. The normalized spacial score (nSPS) is 22.3. The van der Waals surface area contributed by atoms with Crippen LogP contribution in [0, 0.1) is 5.92 Å². The predicted molar refractivity (Wildman–Crippen MR) is 121 cm³/mol. The Kier molecular flexibility index (Phi) is 3.67. The summed E-state index contributed by atoms with van der Waals surface area (Å²) in [6, 6.07) is 26.5. The number of rotatable bonds is 2. The van der Waals surface area contributed by atoms with E-state index in [0.29, 0.717) is 11.8 Å². The molecular weight excluding hydrogens is 354 g/mol. The Hall–Kier alpha value is -3.26. The zero-order valence-electron chi connectivity index (χ0n) is 16.4. The lowest BCUT2D eigenvalue weighted by Crippen LogP contribution is -2.29. The third-order valence-corrected chi connectivity index (χ3v) is 6.70. The van der Waals surface area contributed by atoms with Crippen molar-refractivity contribution in [3.05, 3.63) is 96.1 Å². The van der Waals surface area contributed by atoms with E-state index >= 15 is 0 Å². The van der Waals surface area contributed by atoms with Gasteiger partial charge in [-0.2, -0.15) is 0 Å². The van der Waals surface area contributed by atoms with Crippen molar-refractivity contribution in [2.45, 2.75) is 18.4 Å². The number of anilines is 1. The van der Waals surface area contributed by atoms with Crippen LogP contribution in [0.2, 0.25) is 0 Å². The van der Waals surface area contributed by atoms with Gasteiger partial charge in [-0.05, 0) is 57.1 Å². The second-order valence-corrected chi connectivity index (χ2v) is 8.13. The maximum atomic E-state index is 5.73. The SMILES string of the molecule is COc1cccc2c1NC(c1c3ccccc3cc3ccccc13)C1CC=CC21. The Balaban J connectivity index is 1.65. The second-order valence-electron chi connectivity index (χ2n) is 8.13. The molecule has 3 atom stereocenters. The average molecular weight is 377 g/mol. The molecule has 6 rings (SSSR count). The number of ether oxygens (including phenoxy) is 1. The van der Waals surface area contributed by atoms with E-state index in [9.17, 15) is 0 Å². The van der Waals surface area contributed by atoms with Gasteiger partial charge in [-0.3, -0.25) is 0 Å². The van der Waals surface area contributed by atoms with Gasteiger partial charge in [0, 0.05) is 5.92 Å². The number of allylic oxidation sites excluding steroid dienone is 2. The van der Waals surface area contributed by atoms with Crippen LogP contribution in [0.15, 0.2) is 84.9 Å². The molecule has 1 aliphatic heterocycles. The van der Waals surface area contributed by atoms with Gasteiger partial charge < -0.3 is 10.1 Å². The molecule has 1 heterocycles. The van der Waals surface area contributed by atoms with Gasteiger partial charge in [-0.25, -0.2) is 0 Å². The summed E-state index contributed by atoms with van der Waals surface area (Å²) < 4.78 is 5.73. The number of hydrogen-bond donors (Lipinski definition) is 1. The van der Waals surface area contributed by atoms with Gasteiger partial charge >= 0.3 is 0 Å². The molecule has 1 N–H and O–H groups in total. The Morgan fingerprint density at radius 2 is 1.59 bits per heavy atom. The van der Waals surface area contributed by atoms with Crippen molar-refractivity contribution in [3.63, 3.8) is 0 Å². The molecule has 2 nitrogen and oxygen atoms in total. The lowest BCUT2D eigenvalue weighted by atomic mass is 9.75. The van der Waals surface area contributed by atoms with Crippen LogP contribution in [0.4, 0.5) is 5.69 Å². The third-order valence-electron chi connectivity index (χ3n) is 6.70. The summed E-state index contributed by atoms with van der Waals surface area (Å²) in [6.45, 7) is 0. The standard InChI is InChI=1S/C27H23NO/c1-29-24-15-7-14-22-21-12-6-13-23(21)27(28-26(22)24)25-19-10-4-2-8-17(19)16-18-9-3-5-11-20(18)25/h2-12,14-16,21,23,27-28H,13H2,1H3. The number of para-hydroxylation sites is 1. The number of nitrogens with one attached hydrogen (secondary N) is 1. The zero-order valence-corrected chi connectivity index (χ0v) is 16.4. The van der Waals surface area contributed by atoms with Crippen LogP contribution in [-0.4, -0.2) is 7.11 Å². The summed E-state index contributed by atoms with van der Waals surface area (Å²) in [7, 11) is 1.76. The summed E-state index contributed by atoms with van der Waals surface area (Å²) in [4.78, 5) is 0. The van der Waals surface area contributed by atoms with E-state index in [0.717, 1.165) is 17.9 Å². The van der Waals surface area contributed by atoms with Crippen molar-refractivity contribution in [1.82, 2.24) is 0 Å². The first-order valence-electron chi connectivity index (χ1n) is 10.4. The van der Waals surface area contributed by atoms with Crippen molar-refractivity contribution in [1.29, 1.82) is 0 Å². The highest BCUT2D eigenvalue weighted by Crippen LogP contribution is 2.53. The van der Waals surface area contributed by atoms with Crippen LogP contribution in [0.3, 0.4) is 0 Å². The molecule has 0 saturated carbocycles. The Morgan fingerprint density at radius 1 is 0.862 bits per heavy atom. The van der Waals surface area contributed by atoms with Crippen LogP contribution in [0.1, 0.15) is 29.5 Å². The van der Waals surface area contributed by atoms with Crippen molar-refractivity contribution in [3.8, 4) is 5.75 Å². The molecule has 0 fully saturated rings. The van der Waals surface area contributed by atoms with E-state index in [4.69, 9.17) is 4.74 Å². The van der Waals surface area contributed by atoms with E-state index in [2.05, 4.69) is 90.3 Å². The van der Waals surface area contributed by atoms with Crippen molar-refractivity contribution >= 4 is 27.2 Å². The second kappa shape index (κ2) is 6.38. The molecule has 2 heteroatoms. The molecule has 2 aliphatic rings. The van der Waals surface area contributed by atoms with Gasteiger partial charge in [-0.15, -0.1) is 0 Å². The summed E-state index contributed by atoms with van der Waals surface area (Å²) in [5.41, 5.74) is 3.91. The summed E-state index contributed by atoms with van der Waals surface area (Å²) in [5, 5.41) is 9.21. The highest BCUT2D eigenvalue weighted by atomic mass is 16.5. The van der Waals surface area contributed by atoms with Crippen LogP contribution < -0.4 is 10.1 Å². The van der Waals surface area contributed by atoms with Gasteiger partial charge in [0.1, 0.15) is 5.75 Å². The first kappa shape index (κ1) is 16.7. The van der Waals surface area contributed by atoms with E-state index in [1.807, 2.05) is 0 Å². The average Bonchev–Trinajstić information content (AvgIpc) is 3.27. The maximum absolute atomic E-state index is 5.73. The quantitative estimate of drug-likeness (QED) is 0.305. The molecule has 142 valence electrons. The molecule has 0 radical (unpaired) electrons. The van der Waals surface area contributed by atoms with Crippen molar-refractivity contribution in [2.75, 3.05) is 12.4 Å². The van der Waals surface area contributed by atoms with Crippen molar-refractivity contribution < 1.29 is 4.74 Å². The molecule has 0 saturated heterocycles. The van der Waals surface area contributed by atoms with E-state index in [1.165, 1.54) is 32.7 Å². The first-order valence-corrected chi connectivity index (χ1v) is 10.4. The molecule has 0 aromatic heterocycles. The summed E-state index contributed by atoms with van der Waals surface area (Å²) >= 11 is 0. The minimum atomic E-state index is 0.231. The Morgan fingerprint density at radius 3 is 2.31 bits per heavy atom. The molecule has 4 aromatic rings. The maximum Gasteiger partial charge on any atom is 0.142 e.